The van der Waals surface area contributed by atoms with Crippen molar-refractivity contribution in [3.8, 4) is 5.75 Å². The summed E-state index contributed by atoms with van der Waals surface area (Å²) in [4.78, 5) is 27.3. The third kappa shape index (κ3) is 7.14. The van der Waals surface area contributed by atoms with Crippen molar-refractivity contribution in [2.75, 3.05) is 19.4 Å². The summed E-state index contributed by atoms with van der Waals surface area (Å²) >= 11 is 7.35. The van der Waals surface area contributed by atoms with Gasteiger partial charge in [-0.25, -0.2) is 4.39 Å². The van der Waals surface area contributed by atoms with Crippen LogP contribution in [-0.2, 0) is 21.9 Å². The zero-order valence-corrected chi connectivity index (χ0v) is 19.6. The lowest BCUT2D eigenvalue weighted by molar-refractivity contribution is -0.139. The minimum Gasteiger partial charge on any atom is -0.497 e. The second-order valence-corrected chi connectivity index (χ2v) is 8.27. The summed E-state index contributed by atoms with van der Waals surface area (Å²) in [5.74, 6) is 0.328. The Morgan fingerprint density at radius 2 is 1.90 bits per heavy atom. The lowest BCUT2D eigenvalue weighted by Crippen LogP contribution is -2.49. The molecule has 1 N–H and O–H groups in total. The number of methoxy groups -OCH3 is 1. The Hall–Kier alpha value is -2.25. The summed E-state index contributed by atoms with van der Waals surface area (Å²) in [6.07, 6.45) is 0.484. The number of carbonyl (C=O) groups is 2. The Labute approximate surface area is 192 Å². The lowest BCUT2D eigenvalue weighted by atomic mass is 10.1. The van der Waals surface area contributed by atoms with E-state index in [1.807, 2.05) is 38.1 Å². The van der Waals surface area contributed by atoms with Gasteiger partial charge in [-0.05, 0) is 43.2 Å². The van der Waals surface area contributed by atoms with Gasteiger partial charge in [0.2, 0.25) is 11.8 Å². The van der Waals surface area contributed by atoms with E-state index >= 15 is 0 Å². The van der Waals surface area contributed by atoms with Crippen molar-refractivity contribution in [3.05, 3.63) is 64.4 Å². The molecule has 1 atom stereocenters. The molecular formula is C23H28ClFN2O3S. The van der Waals surface area contributed by atoms with Crippen LogP contribution in [0.25, 0.3) is 0 Å². The van der Waals surface area contributed by atoms with Crippen molar-refractivity contribution in [3.63, 3.8) is 0 Å². The molecule has 5 nitrogen and oxygen atoms in total. The Kier molecular flexibility index (Phi) is 10.1. The summed E-state index contributed by atoms with van der Waals surface area (Å²) < 4.78 is 19.2. The van der Waals surface area contributed by atoms with Gasteiger partial charge >= 0.3 is 0 Å². The topological polar surface area (TPSA) is 58.6 Å². The van der Waals surface area contributed by atoms with Crippen LogP contribution in [0.3, 0.4) is 0 Å². The predicted octanol–water partition coefficient (Wildman–Crippen LogP) is 4.66. The second kappa shape index (κ2) is 12.6. The number of thioether (sulfide) groups is 1. The van der Waals surface area contributed by atoms with E-state index in [1.54, 1.807) is 24.1 Å². The third-order valence-electron chi connectivity index (χ3n) is 4.78. The third-order valence-corrected chi connectivity index (χ3v) is 6.08. The Morgan fingerprint density at radius 3 is 2.48 bits per heavy atom. The van der Waals surface area contributed by atoms with E-state index in [1.165, 1.54) is 17.8 Å². The molecule has 0 aliphatic carbocycles. The highest BCUT2D eigenvalue weighted by molar-refractivity contribution is 7.99. The van der Waals surface area contributed by atoms with E-state index in [9.17, 15) is 14.0 Å². The molecule has 168 valence electrons. The van der Waals surface area contributed by atoms with Gasteiger partial charge in [0.1, 0.15) is 17.6 Å². The van der Waals surface area contributed by atoms with Crippen molar-refractivity contribution in [1.82, 2.24) is 10.2 Å². The van der Waals surface area contributed by atoms with Crippen molar-refractivity contribution in [1.29, 1.82) is 0 Å². The predicted molar refractivity (Wildman–Crippen MR) is 124 cm³/mol. The number of nitrogens with one attached hydrogen (secondary N) is 1. The number of carbonyl (C=O) groups excluding carboxylic acids is 2. The lowest BCUT2D eigenvalue weighted by Gasteiger charge is -2.30. The van der Waals surface area contributed by atoms with Crippen molar-refractivity contribution in [2.24, 2.45) is 0 Å². The standard InChI is InChI=1S/C23H28ClFN2O3S/c1-4-21(23(29)26-5-2)27(13-16-9-11-17(30-3)12-10-16)22(28)15-31-14-18-19(24)7-6-8-20(18)25/h6-12,21H,4-5,13-15H2,1-3H3,(H,26,29). The number of benzene rings is 2. The quantitative estimate of drug-likeness (QED) is 0.523. The van der Waals surface area contributed by atoms with Gasteiger partial charge in [-0.1, -0.05) is 36.7 Å². The molecule has 0 bridgehead atoms. The number of halogens is 2. The molecule has 0 aliphatic heterocycles. The fourth-order valence-corrected chi connectivity index (χ4v) is 4.38. The molecule has 0 saturated carbocycles. The zero-order chi connectivity index (χ0) is 22.8. The van der Waals surface area contributed by atoms with E-state index < -0.39 is 11.9 Å². The van der Waals surface area contributed by atoms with E-state index in [2.05, 4.69) is 5.32 Å². The van der Waals surface area contributed by atoms with Crippen molar-refractivity contribution >= 4 is 35.2 Å². The number of likely N-dealkylation sites (N-methyl/N-ethyl adjacent to an activating group) is 1. The molecule has 0 aromatic heterocycles. The van der Waals surface area contributed by atoms with E-state index in [0.717, 1.165) is 11.3 Å². The molecule has 0 aliphatic rings. The molecule has 0 saturated heterocycles. The normalized spacial score (nSPS) is 11.6. The number of ether oxygens (including phenoxy) is 1. The molecule has 2 amide bonds. The van der Waals surface area contributed by atoms with Gasteiger partial charge in [-0.3, -0.25) is 9.59 Å². The average Bonchev–Trinajstić information content (AvgIpc) is 2.76. The van der Waals surface area contributed by atoms with Crippen LogP contribution in [0.4, 0.5) is 4.39 Å². The summed E-state index contributed by atoms with van der Waals surface area (Å²) in [6.45, 7) is 4.49. The first-order valence-electron chi connectivity index (χ1n) is 10.1. The first kappa shape index (κ1) is 25.0. The summed E-state index contributed by atoms with van der Waals surface area (Å²) in [7, 11) is 1.59. The van der Waals surface area contributed by atoms with Crippen LogP contribution in [0.15, 0.2) is 42.5 Å². The number of nitrogens with zero attached hydrogens (tertiary/aromatic N) is 1. The molecule has 31 heavy (non-hydrogen) atoms. The average molecular weight is 467 g/mol. The van der Waals surface area contributed by atoms with Crippen LogP contribution in [0.1, 0.15) is 31.4 Å². The van der Waals surface area contributed by atoms with E-state index in [4.69, 9.17) is 16.3 Å². The van der Waals surface area contributed by atoms with Crippen LogP contribution in [0, 0.1) is 5.82 Å². The van der Waals surface area contributed by atoms with Crippen LogP contribution >= 0.6 is 23.4 Å². The number of hydrogen-bond acceptors (Lipinski definition) is 4. The summed E-state index contributed by atoms with van der Waals surface area (Å²) in [5, 5.41) is 3.14. The Morgan fingerprint density at radius 1 is 1.19 bits per heavy atom. The van der Waals surface area contributed by atoms with E-state index in [0.29, 0.717) is 30.1 Å². The maximum absolute atomic E-state index is 14.0. The molecule has 0 spiro atoms. The Balaban J connectivity index is 2.15. The molecule has 2 rings (SSSR count). The molecule has 8 heteroatoms. The molecule has 2 aromatic carbocycles. The van der Waals surface area contributed by atoms with Gasteiger partial charge in [0.25, 0.3) is 0 Å². The smallest absolute Gasteiger partial charge is 0.242 e. The zero-order valence-electron chi connectivity index (χ0n) is 18.0. The van der Waals surface area contributed by atoms with Crippen molar-refractivity contribution in [2.45, 2.75) is 38.6 Å². The summed E-state index contributed by atoms with van der Waals surface area (Å²) in [5.41, 5.74) is 1.26. The number of rotatable bonds is 11. The van der Waals surface area contributed by atoms with Gasteiger partial charge in [-0.15, -0.1) is 11.8 Å². The van der Waals surface area contributed by atoms with Gasteiger partial charge < -0.3 is 15.0 Å². The molecule has 0 heterocycles. The van der Waals surface area contributed by atoms with Crippen LogP contribution in [0.2, 0.25) is 5.02 Å². The summed E-state index contributed by atoms with van der Waals surface area (Å²) in [6, 6.07) is 11.3. The van der Waals surface area contributed by atoms with Gasteiger partial charge in [-0.2, -0.15) is 0 Å². The monoisotopic (exact) mass is 466 g/mol. The molecule has 0 radical (unpaired) electrons. The first-order chi connectivity index (χ1) is 14.9. The largest absolute Gasteiger partial charge is 0.497 e. The molecule has 0 fully saturated rings. The van der Waals surface area contributed by atoms with Crippen LogP contribution in [-0.4, -0.2) is 42.2 Å². The minimum atomic E-state index is -0.591. The van der Waals surface area contributed by atoms with Crippen LogP contribution in [0.5, 0.6) is 5.75 Å². The fraction of sp³-hybridized carbons (Fsp3) is 0.391. The van der Waals surface area contributed by atoms with Gasteiger partial charge in [0.05, 0.1) is 12.9 Å². The highest BCUT2D eigenvalue weighted by Crippen LogP contribution is 2.25. The second-order valence-electron chi connectivity index (χ2n) is 6.88. The molecule has 1 unspecified atom stereocenters. The Bertz CT molecular complexity index is 859. The SMILES string of the molecule is CCNC(=O)C(CC)N(Cc1ccc(OC)cc1)C(=O)CSCc1c(F)cccc1Cl. The van der Waals surface area contributed by atoms with E-state index in [-0.39, 0.29) is 23.3 Å². The number of amides is 2. The number of hydrogen-bond donors (Lipinski definition) is 1. The maximum atomic E-state index is 14.0. The highest BCUT2D eigenvalue weighted by atomic mass is 35.5. The van der Waals surface area contributed by atoms with Crippen LogP contribution < -0.4 is 10.1 Å². The molecule has 2 aromatic rings. The van der Waals surface area contributed by atoms with Crippen molar-refractivity contribution < 1.29 is 18.7 Å². The first-order valence-corrected chi connectivity index (χ1v) is 11.6. The highest BCUT2D eigenvalue weighted by Gasteiger charge is 2.28. The van der Waals surface area contributed by atoms with Gasteiger partial charge in [0, 0.05) is 29.4 Å². The molecular weight excluding hydrogens is 439 g/mol. The van der Waals surface area contributed by atoms with Gasteiger partial charge in [0.15, 0.2) is 0 Å². The fourth-order valence-electron chi connectivity index (χ4n) is 3.13. The minimum absolute atomic E-state index is 0.108. The maximum Gasteiger partial charge on any atom is 0.242 e.